The molecule has 0 spiro atoms. The molecule has 2 bridgehead atoms. The lowest BCUT2D eigenvalue weighted by atomic mass is 9.89. The van der Waals surface area contributed by atoms with E-state index in [1.807, 2.05) is 0 Å². The van der Waals surface area contributed by atoms with Crippen LogP contribution in [-0.2, 0) is 35.4 Å². The number of rotatable bonds is 5. The fraction of sp³-hybridized carbons (Fsp3) is 0.464. The lowest BCUT2D eigenvalue weighted by Gasteiger charge is -2.26. The Hall–Kier alpha value is -3.27. The minimum atomic E-state index is -3.96. The van der Waals surface area contributed by atoms with Gasteiger partial charge in [0.1, 0.15) is 11.6 Å². The number of amides is 1. The third-order valence-electron chi connectivity index (χ3n) is 6.63. The van der Waals surface area contributed by atoms with Crippen LogP contribution in [0, 0.1) is 23.6 Å². The van der Waals surface area contributed by atoms with Crippen LogP contribution in [0.1, 0.15) is 38.7 Å². The van der Waals surface area contributed by atoms with Crippen molar-refractivity contribution >= 4 is 27.5 Å². The van der Waals surface area contributed by atoms with Crippen LogP contribution in [0.5, 0.6) is 5.75 Å². The van der Waals surface area contributed by atoms with Gasteiger partial charge in [-0.25, -0.2) is 12.8 Å². The van der Waals surface area contributed by atoms with Crippen molar-refractivity contribution in [3.8, 4) is 5.75 Å². The molecule has 0 aliphatic carbocycles. The topological polar surface area (TPSA) is 116 Å². The van der Waals surface area contributed by atoms with E-state index >= 15 is 0 Å². The van der Waals surface area contributed by atoms with E-state index in [1.165, 1.54) is 7.11 Å². The first kappa shape index (κ1) is 29.3. The molecule has 206 valence electrons. The Bertz CT molecular complexity index is 1230. The second kappa shape index (κ2) is 13.0. The smallest absolute Gasteiger partial charge is 0.309 e. The molecule has 2 heterocycles. The molecule has 0 unspecified atom stereocenters. The number of hydrogen-bond donors (Lipinski definition) is 1. The van der Waals surface area contributed by atoms with Gasteiger partial charge in [-0.2, -0.15) is 0 Å². The zero-order valence-corrected chi connectivity index (χ0v) is 22.6. The number of nitrogens with one attached hydrogen (secondary N) is 1. The Balaban J connectivity index is 1.95. The molecular formula is C28H34FNO7S. The number of fused-ring (bicyclic) bond motifs is 13. The molecule has 0 saturated heterocycles. The molecule has 0 radical (unpaired) electrons. The Morgan fingerprint density at radius 3 is 2.34 bits per heavy atom. The average Bonchev–Trinajstić information content (AvgIpc) is 2.88. The molecule has 38 heavy (non-hydrogen) atoms. The normalized spacial score (nSPS) is 21.6. The molecule has 8 nitrogen and oxygen atoms in total. The molecule has 2 aromatic rings. The maximum atomic E-state index is 13.5. The Labute approximate surface area is 222 Å². The SMILES string of the molecule is COC(=O)[C@@H]1CCCOc2ccc(cc2)C[C@H](CS(=O)(=O)c2ccc(F)cc2)C(=O)N[C@@H](C(C)C)C(=O)C1. The zero-order valence-electron chi connectivity index (χ0n) is 21.8. The van der Waals surface area contributed by atoms with Crippen LogP contribution in [0.3, 0.4) is 0 Å². The van der Waals surface area contributed by atoms with Gasteiger partial charge in [-0.3, -0.25) is 14.4 Å². The summed E-state index contributed by atoms with van der Waals surface area (Å²) in [6, 6.07) is 10.5. The maximum Gasteiger partial charge on any atom is 0.309 e. The second-order valence-corrected chi connectivity index (χ2v) is 11.9. The van der Waals surface area contributed by atoms with Crippen molar-refractivity contribution in [2.45, 2.75) is 50.5 Å². The summed E-state index contributed by atoms with van der Waals surface area (Å²) in [5, 5.41) is 2.76. The number of carbonyl (C=O) groups excluding carboxylic acids is 3. The first-order valence-electron chi connectivity index (χ1n) is 12.6. The van der Waals surface area contributed by atoms with Crippen LogP contribution in [0.25, 0.3) is 0 Å². The monoisotopic (exact) mass is 547 g/mol. The van der Waals surface area contributed by atoms with Gasteiger partial charge in [-0.05, 0) is 67.1 Å². The summed E-state index contributed by atoms with van der Waals surface area (Å²) in [6.07, 6.45) is 0.864. The summed E-state index contributed by atoms with van der Waals surface area (Å²) in [7, 11) is -2.70. The summed E-state index contributed by atoms with van der Waals surface area (Å²) in [5.74, 6) is -3.99. The summed E-state index contributed by atoms with van der Waals surface area (Å²) >= 11 is 0. The minimum Gasteiger partial charge on any atom is -0.494 e. The van der Waals surface area contributed by atoms with Crippen LogP contribution in [0.4, 0.5) is 4.39 Å². The van der Waals surface area contributed by atoms with E-state index in [1.54, 1.807) is 38.1 Å². The third kappa shape index (κ3) is 7.86. The van der Waals surface area contributed by atoms with E-state index in [-0.39, 0.29) is 29.4 Å². The van der Waals surface area contributed by atoms with E-state index in [9.17, 15) is 27.2 Å². The van der Waals surface area contributed by atoms with Gasteiger partial charge < -0.3 is 14.8 Å². The van der Waals surface area contributed by atoms with Crippen molar-refractivity contribution in [3.63, 3.8) is 0 Å². The molecule has 1 N–H and O–H groups in total. The number of hydrogen-bond acceptors (Lipinski definition) is 7. The minimum absolute atomic E-state index is 0.0936. The quantitative estimate of drug-likeness (QED) is 0.450. The molecule has 1 amide bonds. The summed E-state index contributed by atoms with van der Waals surface area (Å²) in [4.78, 5) is 39.0. The van der Waals surface area contributed by atoms with Crippen LogP contribution in [-0.4, -0.2) is 51.6 Å². The van der Waals surface area contributed by atoms with E-state index in [2.05, 4.69) is 5.32 Å². The first-order chi connectivity index (χ1) is 18.0. The number of carbonyl (C=O) groups is 3. The van der Waals surface area contributed by atoms with E-state index < -0.39 is 51.2 Å². The van der Waals surface area contributed by atoms with Crippen molar-refractivity contribution in [1.82, 2.24) is 5.32 Å². The Kier molecular flexibility index (Phi) is 10.0. The maximum absolute atomic E-state index is 13.5. The number of halogens is 1. The third-order valence-corrected chi connectivity index (χ3v) is 8.46. The standard InChI is InChI=1S/C28H34FNO7S/c1-18(2)26-25(31)16-20(28(33)36-3)5-4-14-37-23-10-6-19(7-11-23)15-21(27(32)30-26)17-38(34,35)24-12-8-22(29)9-13-24/h6-13,18,20-21,26H,4-5,14-17H2,1-3H3,(H,30,32)/t20-,21-,26+/m1/s1. The van der Waals surface area contributed by atoms with Gasteiger partial charge in [0.15, 0.2) is 15.6 Å². The highest BCUT2D eigenvalue weighted by Gasteiger charge is 2.33. The predicted octanol–water partition coefficient (Wildman–Crippen LogP) is 3.52. The number of ether oxygens (including phenoxy) is 2. The predicted molar refractivity (Wildman–Crippen MR) is 139 cm³/mol. The number of esters is 1. The van der Waals surface area contributed by atoms with E-state index in [4.69, 9.17) is 9.47 Å². The Morgan fingerprint density at radius 2 is 1.74 bits per heavy atom. The number of ketones is 1. The Morgan fingerprint density at radius 1 is 1.08 bits per heavy atom. The summed E-state index contributed by atoms with van der Waals surface area (Å²) in [6.45, 7) is 3.88. The van der Waals surface area contributed by atoms with Crippen molar-refractivity contribution in [1.29, 1.82) is 0 Å². The molecule has 2 aromatic carbocycles. The van der Waals surface area contributed by atoms with Crippen molar-refractivity contribution in [3.05, 3.63) is 59.9 Å². The fourth-order valence-electron chi connectivity index (χ4n) is 4.49. The largest absolute Gasteiger partial charge is 0.494 e. The second-order valence-electron chi connectivity index (χ2n) is 9.89. The highest BCUT2D eigenvalue weighted by molar-refractivity contribution is 7.91. The number of sulfone groups is 1. The molecule has 0 aromatic heterocycles. The molecule has 0 fully saturated rings. The highest BCUT2D eigenvalue weighted by atomic mass is 32.2. The molecule has 10 heteroatoms. The zero-order chi connectivity index (χ0) is 27.9. The van der Waals surface area contributed by atoms with Crippen LogP contribution in [0.15, 0.2) is 53.4 Å². The number of benzene rings is 2. The highest BCUT2D eigenvalue weighted by Crippen LogP contribution is 2.23. The van der Waals surface area contributed by atoms with Gasteiger partial charge in [-0.1, -0.05) is 26.0 Å². The van der Waals surface area contributed by atoms with Crippen LogP contribution < -0.4 is 10.1 Å². The molecule has 2 aliphatic rings. The summed E-state index contributed by atoms with van der Waals surface area (Å²) < 4.78 is 50.3. The molecule has 4 rings (SSSR count). The van der Waals surface area contributed by atoms with Crippen molar-refractivity contribution in [2.75, 3.05) is 19.5 Å². The van der Waals surface area contributed by atoms with Gasteiger partial charge in [0.2, 0.25) is 5.91 Å². The number of Topliss-reactive ketones (excluding diaryl/α,β-unsaturated/α-hetero) is 1. The molecular weight excluding hydrogens is 513 g/mol. The van der Waals surface area contributed by atoms with Gasteiger partial charge in [-0.15, -0.1) is 0 Å². The van der Waals surface area contributed by atoms with E-state index in [0.29, 0.717) is 25.2 Å². The lowest BCUT2D eigenvalue weighted by molar-refractivity contribution is -0.147. The van der Waals surface area contributed by atoms with Crippen molar-refractivity contribution < 1.29 is 36.7 Å². The fourth-order valence-corrected chi connectivity index (χ4v) is 6.03. The number of methoxy groups -OCH3 is 1. The van der Waals surface area contributed by atoms with Crippen molar-refractivity contribution in [2.24, 2.45) is 17.8 Å². The van der Waals surface area contributed by atoms with Crippen LogP contribution >= 0.6 is 0 Å². The average molecular weight is 548 g/mol. The summed E-state index contributed by atoms with van der Waals surface area (Å²) in [5.41, 5.74) is 0.720. The van der Waals surface area contributed by atoms with Gasteiger partial charge in [0.05, 0.1) is 42.2 Å². The van der Waals surface area contributed by atoms with Crippen LogP contribution in [0.2, 0.25) is 0 Å². The van der Waals surface area contributed by atoms with Gasteiger partial charge >= 0.3 is 5.97 Å². The molecule has 2 aliphatic heterocycles. The molecule has 0 saturated carbocycles. The lowest BCUT2D eigenvalue weighted by Crippen LogP contribution is -2.48. The van der Waals surface area contributed by atoms with Gasteiger partial charge in [0, 0.05) is 6.42 Å². The van der Waals surface area contributed by atoms with E-state index in [0.717, 1.165) is 29.8 Å². The molecule has 3 atom stereocenters. The van der Waals surface area contributed by atoms with Gasteiger partial charge in [0.25, 0.3) is 0 Å². The first-order valence-corrected chi connectivity index (χ1v) is 14.3.